The van der Waals surface area contributed by atoms with Gasteiger partial charge in [0.25, 0.3) is 0 Å². The molecule has 0 saturated carbocycles. The van der Waals surface area contributed by atoms with Gasteiger partial charge in [0.1, 0.15) is 0 Å². The van der Waals surface area contributed by atoms with Crippen LogP contribution in [-0.4, -0.2) is 42.2 Å². The number of aliphatic carboxylic acids is 1. The summed E-state index contributed by atoms with van der Waals surface area (Å²) in [6.07, 6.45) is 2.75. The molecule has 94 valence electrons. The van der Waals surface area contributed by atoms with Crippen LogP contribution >= 0.6 is 0 Å². The second kappa shape index (κ2) is 5.15. The molecular formula is C12H24N2O2. The average Bonchev–Trinajstić information content (AvgIpc) is 2.17. The van der Waals surface area contributed by atoms with Crippen molar-refractivity contribution >= 4 is 5.97 Å². The van der Waals surface area contributed by atoms with Crippen LogP contribution in [0, 0.1) is 11.3 Å². The first kappa shape index (κ1) is 13.5. The van der Waals surface area contributed by atoms with Gasteiger partial charge in [-0.1, -0.05) is 0 Å². The normalized spacial score (nSPS) is 22.0. The molecule has 0 aromatic heterocycles. The average molecular weight is 228 g/mol. The molecule has 16 heavy (non-hydrogen) atoms. The Morgan fingerprint density at radius 1 is 1.50 bits per heavy atom. The van der Waals surface area contributed by atoms with Gasteiger partial charge in [-0.15, -0.1) is 0 Å². The maximum Gasteiger partial charge on any atom is 0.309 e. The topological polar surface area (TPSA) is 66.6 Å². The monoisotopic (exact) mass is 228 g/mol. The highest BCUT2D eigenvalue weighted by atomic mass is 16.4. The molecule has 0 aliphatic carbocycles. The Balaban J connectivity index is 2.46. The summed E-state index contributed by atoms with van der Waals surface area (Å²) < 4.78 is 0. The lowest BCUT2D eigenvalue weighted by Gasteiger charge is -2.35. The molecule has 0 radical (unpaired) electrons. The third-order valence-corrected chi connectivity index (χ3v) is 3.69. The number of hydrogen-bond donors (Lipinski definition) is 2. The summed E-state index contributed by atoms with van der Waals surface area (Å²) >= 11 is 0. The van der Waals surface area contributed by atoms with Gasteiger partial charge in [-0.05, 0) is 59.2 Å². The number of nitrogens with two attached hydrogens (primary N) is 1. The van der Waals surface area contributed by atoms with Gasteiger partial charge in [0.05, 0.1) is 5.41 Å². The van der Waals surface area contributed by atoms with E-state index in [1.54, 1.807) is 13.8 Å². The Labute approximate surface area is 97.8 Å². The summed E-state index contributed by atoms with van der Waals surface area (Å²) in [5, 5.41) is 9.07. The van der Waals surface area contributed by atoms with Crippen molar-refractivity contribution < 1.29 is 9.90 Å². The molecule has 1 heterocycles. The van der Waals surface area contributed by atoms with Crippen LogP contribution in [0.2, 0.25) is 0 Å². The number of nitrogens with zero attached hydrogens (tertiary/aromatic N) is 1. The number of likely N-dealkylation sites (tertiary alicyclic amines) is 1. The first-order valence-electron chi connectivity index (χ1n) is 6.00. The van der Waals surface area contributed by atoms with Gasteiger partial charge in [0.2, 0.25) is 0 Å². The van der Waals surface area contributed by atoms with Crippen LogP contribution in [0.5, 0.6) is 0 Å². The van der Waals surface area contributed by atoms with E-state index >= 15 is 0 Å². The van der Waals surface area contributed by atoms with Crippen molar-refractivity contribution in [2.45, 2.75) is 39.2 Å². The van der Waals surface area contributed by atoms with Crippen molar-refractivity contribution in [3.8, 4) is 0 Å². The van der Waals surface area contributed by atoms with Gasteiger partial charge in [0.15, 0.2) is 0 Å². The molecule has 0 aromatic rings. The highest BCUT2D eigenvalue weighted by Gasteiger charge is 2.33. The number of rotatable bonds is 4. The smallest absolute Gasteiger partial charge is 0.309 e. The number of hydrogen-bond acceptors (Lipinski definition) is 3. The molecule has 1 unspecified atom stereocenters. The number of carboxylic acids is 1. The fourth-order valence-corrected chi connectivity index (χ4v) is 2.30. The third-order valence-electron chi connectivity index (χ3n) is 3.69. The number of piperidine rings is 1. The van der Waals surface area contributed by atoms with Crippen molar-refractivity contribution in [1.82, 2.24) is 4.90 Å². The zero-order valence-corrected chi connectivity index (χ0v) is 10.6. The van der Waals surface area contributed by atoms with Crippen molar-refractivity contribution in [1.29, 1.82) is 0 Å². The van der Waals surface area contributed by atoms with Crippen molar-refractivity contribution in [3.63, 3.8) is 0 Å². The molecule has 0 bridgehead atoms. The van der Waals surface area contributed by atoms with Crippen molar-refractivity contribution in [3.05, 3.63) is 0 Å². The Morgan fingerprint density at radius 2 is 2.00 bits per heavy atom. The number of carbonyl (C=O) groups is 1. The summed E-state index contributed by atoms with van der Waals surface area (Å²) in [4.78, 5) is 13.3. The zero-order valence-electron chi connectivity index (χ0n) is 10.6. The van der Waals surface area contributed by atoms with E-state index in [4.69, 9.17) is 10.8 Å². The standard InChI is InChI=1S/C12H24N2O2/c1-12(2,11(15)16)8-10(13)9-4-6-14(3)7-5-9/h9-10H,4-8,13H2,1-3H3,(H,15,16). The fraction of sp³-hybridized carbons (Fsp3) is 0.917. The van der Waals surface area contributed by atoms with E-state index in [0.29, 0.717) is 12.3 Å². The van der Waals surface area contributed by atoms with Crippen molar-refractivity contribution in [2.24, 2.45) is 17.1 Å². The second-order valence-corrected chi connectivity index (χ2v) is 5.70. The second-order valence-electron chi connectivity index (χ2n) is 5.70. The Morgan fingerprint density at radius 3 is 2.44 bits per heavy atom. The van der Waals surface area contributed by atoms with Gasteiger partial charge in [-0.25, -0.2) is 0 Å². The van der Waals surface area contributed by atoms with Crippen LogP contribution in [-0.2, 0) is 4.79 Å². The molecule has 0 spiro atoms. The van der Waals surface area contributed by atoms with Crippen LogP contribution in [0.15, 0.2) is 0 Å². The van der Waals surface area contributed by atoms with E-state index in [0.717, 1.165) is 25.9 Å². The van der Waals surface area contributed by atoms with E-state index in [1.165, 1.54) is 0 Å². The first-order chi connectivity index (χ1) is 7.33. The molecular weight excluding hydrogens is 204 g/mol. The van der Waals surface area contributed by atoms with Gasteiger partial charge >= 0.3 is 5.97 Å². The van der Waals surface area contributed by atoms with Gasteiger partial charge in [-0.2, -0.15) is 0 Å². The minimum atomic E-state index is -0.754. The largest absolute Gasteiger partial charge is 0.481 e. The lowest BCUT2D eigenvalue weighted by Crippen LogP contribution is -2.42. The first-order valence-corrected chi connectivity index (χ1v) is 6.00. The predicted octanol–water partition coefficient (Wildman–Crippen LogP) is 1.16. The quantitative estimate of drug-likeness (QED) is 0.757. The summed E-state index contributed by atoms with van der Waals surface area (Å²) in [6.45, 7) is 5.66. The molecule has 0 aromatic carbocycles. The highest BCUT2D eigenvalue weighted by molar-refractivity contribution is 5.73. The lowest BCUT2D eigenvalue weighted by molar-refractivity contribution is -0.147. The lowest BCUT2D eigenvalue weighted by atomic mass is 9.79. The SMILES string of the molecule is CN1CCC(C(N)CC(C)(C)C(=O)O)CC1. The maximum absolute atomic E-state index is 11.0. The minimum Gasteiger partial charge on any atom is -0.481 e. The minimum absolute atomic E-state index is 0.0137. The molecule has 3 N–H and O–H groups in total. The van der Waals surface area contributed by atoms with E-state index in [9.17, 15) is 4.79 Å². The van der Waals surface area contributed by atoms with Crippen LogP contribution in [0.25, 0.3) is 0 Å². The molecule has 4 nitrogen and oxygen atoms in total. The summed E-state index contributed by atoms with van der Waals surface area (Å²) in [7, 11) is 2.11. The van der Waals surface area contributed by atoms with Gasteiger partial charge in [-0.3, -0.25) is 4.79 Å². The summed E-state index contributed by atoms with van der Waals surface area (Å²) in [5.74, 6) is -0.272. The summed E-state index contributed by atoms with van der Waals surface area (Å²) in [6, 6.07) is 0.0137. The van der Waals surface area contributed by atoms with E-state index < -0.39 is 11.4 Å². The Hall–Kier alpha value is -0.610. The van der Waals surface area contributed by atoms with Crippen LogP contribution < -0.4 is 5.73 Å². The highest BCUT2D eigenvalue weighted by Crippen LogP contribution is 2.28. The van der Waals surface area contributed by atoms with E-state index in [2.05, 4.69) is 11.9 Å². The van der Waals surface area contributed by atoms with E-state index in [1.807, 2.05) is 0 Å². The molecule has 0 amide bonds. The van der Waals surface area contributed by atoms with Crippen LogP contribution in [0.3, 0.4) is 0 Å². The number of carboxylic acid groups (broad SMARTS) is 1. The van der Waals surface area contributed by atoms with E-state index in [-0.39, 0.29) is 6.04 Å². The van der Waals surface area contributed by atoms with Gasteiger partial charge in [0, 0.05) is 6.04 Å². The van der Waals surface area contributed by atoms with Crippen LogP contribution in [0.1, 0.15) is 33.1 Å². The zero-order chi connectivity index (χ0) is 12.3. The third kappa shape index (κ3) is 3.46. The molecule has 1 atom stereocenters. The van der Waals surface area contributed by atoms with Crippen LogP contribution in [0.4, 0.5) is 0 Å². The fourth-order valence-electron chi connectivity index (χ4n) is 2.30. The molecule has 1 rings (SSSR count). The molecule has 1 aliphatic heterocycles. The van der Waals surface area contributed by atoms with Crippen molar-refractivity contribution in [2.75, 3.05) is 20.1 Å². The summed E-state index contributed by atoms with van der Waals surface area (Å²) in [5.41, 5.74) is 5.43. The van der Waals surface area contributed by atoms with Gasteiger partial charge < -0.3 is 15.7 Å². The Kier molecular flexibility index (Phi) is 4.33. The predicted molar refractivity (Wildman–Crippen MR) is 64.2 cm³/mol. The molecule has 1 saturated heterocycles. The molecule has 1 aliphatic rings. The molecule has 4 heteroatoms. The maximum atomic E-state index is 11.0. The molecule has 1 fully saturated rings. The Bertz CT molecular complexity index is 245.